The third kappa shape index (κ3) is 4.04. The molecule has 1 aliphatic rings. The van der Waals surface area contributed by atoms with E-state index in [2.05, 4.69) is 22.1 Å². The highest BCUT2D eigenvalue weighted by Gasteiger charge is 2.39. The molecule has 114 valence electrons. The summed E-state index contributed by atoms with van der Waals surface area (Å²) in [5.74, 6) is 0.513. The van der Waals surface area contributed by atoms with Gasteiger partial charge in [0.25, 0.3) is 0 Å². The lowest BCUT2D eigenvalue weighted by Crippen LogP contribution is -2.26. The number of nitrogens with zero attached hydrogens (tertiary/aromatic N) is 2. The number of aromatic nitrogens is 2. The average molecular weight is 300 g/mol. The quantitative estimate of drug-likeness (QED) is 0.666. The second-order valence-electron chi connectivity index (χ2n) is 5.30. The topological polar surface area (TPSA) is 76.0 Å². The van der Waals surface area contributed by atoms with E-state index in [1.54, 1.807) is 10.9 Å². The highest BCUT2D eigenvalue weighted by Crippen LogP contribution is 2.35. The van der Waals surface area contributed by atoms with Crippen molar-refractivity contribution in [1.82, 2.24) is 19.8 Å². The van der Waals surface area contributed by atoms with Gasteiger partial charge in [-0.2, -0.15) is 5.10 Å². The van der Waals surface area contributed by atoms with Crippen LogP contribution in [0.3, 0.4) is 0 Å². The summed E-state index contributed by atoms with van der Waals surface area (Å²) in [5, 5.41) is 7.28. The summed E-state index contributed by atoms with van der Waals surface area (Å²) >= 11 is 0. The summed E-state index contributed by atoms with van der Waals surface area (Å²) in [7, 11) is -3.41. The van der Waals surface area contributed by atoms with E-state index in [9.17, 15) is 8.42 Å². The van der Waals surface area contributed by atoms with E-state index in [0.717, 1.165) is 32.4 Å². The van der Waals surface area contributed by atoms with Crippen LogP contribution >= 0.6 is 0 Å². The first-order valence-corrected chi connectivity index (χ1v) is 8.80. The second-order valence-corrected chi connectivity index (χ2v) is 7.02. The Labute approximate surface area is 121 Å². The third-order valence-corrected chi connectivity index (χ3v) is 5.02. The molecule has 2 unspecified atom stereocenters. The van der Waals surface area contributed by atoms with Crippen LogP contribution in [0, 0.1) is 5.92 Å². The van der Waals surface area contributed by atoms with Gasteiger partial charge in [0, 0.05) is 18.8 Å². The number of sulfonamides is 1. The van der Waals surface area contributed by atoms with Gasteiger partial charge in [-0.05, 0) is 25.3 Å². The molecule has 0 spiro atoms. The van der Waals surface area contributed by atoms with Gasteiger partial charge in [-0.25, -0.2) is 13.1 Å². The molecule has 1 aromatic heterocycles. The molecule has 1 aliphatic carbocycles. The first kappa shape index (κ1) is 15.5. The molecule has 1 aromatic rings. The van der Waals surface area contributed by atoms with Crippen molar-refractivity contribution in [2.75, 3.05) is 13.1 Å². The first-order valence-electron chi connectivity index (χ1n) is 7.32. The number of rotatable bonds is 9. The van der Waals surface area contributed by atoms with Gasteiger partial charge < -0.3 is 5.32 Å². The fraction of sp³-hybridized carbons (Fsp3) is 0.769. The summed E-state index contributed by atoms with van der Waals surface area (Å²) < 4.78 is 28.8. The van der Waals surface area contributed by atoms with E-state index in [1.165, 1.54) is 6.20 Å². The summed E-state index contributed by atoms with van der Waals surface area (Å²) in [6.45, 7) is 6.51. The molecule has 0 aliphatic heterocycles. The zero-order valence-electron chi connectivity index (χ0n) is 12.2. The van der Waals surface area contributed by atoms with Crippen LogP contribution in [0.15, 0.2) is 17.3 Å². The standard InChI is InChI=1S/C13H24N4O2S/c1-3-5-11-8-13(11)16-20(18,19)12-9-15-17(10-12)7-6-14-4-2/h9-11,13-14,16H,3-8H2,1-2H3. The minimum atomic E-state index is -3.41. The Morgan fingerprint density at radius 2 is 2.25 bits per heavy atom. The maximum absolute atomic E-state index is 12.2. The maximum Gasteiger partial charge on any atom is 0.243 e. The van der Waals surface area contributed by atoms with Crippen molar-refractivity contribution in [1.29, 1.82) is 0 Å². The molecule has 1 fully saturated rings. The van der Waals surface area contributed by atoms with E-state index in [1.807, 2.05) is 6.92 Å². The Balaban J connectivity index is 1.89. The molecule has 2 N–H and O–H groups in total. The van der Waals surface area contributed by atoms with Gasteiger partial charge in [-0.1, -0.05) is 20.3 Å². The van der Waals surface area contributed by atoms with E-state index >= 15 is 0 Å². The SMILES string of the molecule is CCCC1CC1NS(=O)(=O)c1cnn(CCNCC)c1. The molecule has 0 amide bonds. The Morgan fingerprint density at radius 3 is 2.95 bits per heavy atom. The fourth-order valence-corrected chi connectivity index (χ4v) is 3.59. The smallest absolute Gasteiger partial charge is 0.243 e. The van der Waals surface area contributed by atoms with Crippen LogP contribution in [0.1, 0.15) is 33.1 Å². The van der Waals surface area contributed by atoms with Crippen molar-refractivity contribution in [2.45, 2.75) is 50.6 Å². The zero-order chi connectivity index (χ0) is 14.6. The van der Waals surface area contributed by atoms with Crippen molar-refractivity contribution in [3.63, 3.8) is 0 Å². The largest absolute Gasteiger partial charge is 0.315 e. The Morgan fingerprint density at radius 1 is 1.45 bits per heavy atom. The van der Waals surface area contributed by atoms with Crippen molar-refractivity contribution in [2.24, 2.45) is 5.92 Å². The molecule has 1 saturated carbocycles. The molecule has 0 radical (unpaired) electrons. The lowest BCUT2D eigenvalue weighted by atomic mass is 10.2. The average Bonchev–Trinajstić information content (AvgIpc) is 2.92. The molecular formula is C13H24N4O2S. The second kappa shape index (κ2) is 6.69. The Kier molecular flexibility index (Phi) is 5.17. The third-order valence-electron chi connectivity index (χ3n) is 3.58. The van der Waals surface area contributed by atoms with E-state index in [0.29, 0.717) is 12.5 Å². The Bertz CT molecular complexity index is 526. The van der Waals surface area contributed by atoms with Crippen LogP contribution in [0.4, 0.5) is 0 Å². The van der Waals surface area contributed by atoms with Gasteiger partial charge in [0.05, 0.1) is 12.7 Å². The maximum atomic E-state index is 12.2. The molecule has 2 rings (SSSR count). The van der Waals surface area contributed by atoms with Crippen molar-refractivity contribution < 1.29 is 8.42 Å². The Hall–Kier alpha value is -0.920. The zero-order valence-corrected chi connectivity index (χ0v) is 13.0. The van der Waals surface area contributed by atoms with Gasteiger partial charge in [0.2, 0.25) is 10.0 Å². The predicted molar refractivity (Wildman–Crippen MR) is 77.9 cm³/mol. The summed E-state index contributed by atoms with van der Waals surface area (Å²) in [5.41, 5.74) is 0. The lowest BCUT2D eigenvalue weighted by Gasteiger charge is -2.04. The normalized spacial score (nSPS) is 22.1. The number of hydrogen-bond donors (Lipinski definition) is 2. The molecule has 1 heterocycles. The number of likely N-dealkylation sites (N-methyl/N-ethyl adjacent to an activating group) is 1. The molecule has 20 heavy (non-hydrogen) atoms. The van der Waals surface area contributed by atoms with Crippen molar-refractivity contribution in [3.05, 3.63) is 12.4 Å². The van der Waals surface area contributed by atoms with E-state index < -0.39 is 10.0 Å². The predicted octanol–water partition coefficient (Wildman–Crippen LogP) is 0.960. The first-order chi connectivity index (χ1) is 9.56. The van der Waals surface area contributed by atoms with Gasteiger partial charge in [-0.15, -0.1) is 0 Å². The van der Waals surface area contributed by atoms with Crippen LogP contribution < -0.4 is 10.0 Å². The highest BCUT2D eigenvalue weighted by atomic mass is 32.2. The number of hydrogen-bond acceptors (Lipinski definition) is 4. The van der Waals surface area contributed by atoms with Crippen LogP contribution in [0.5, 0.6) is 0 Å². The van der Waals surface area contributed by atoms with Gasteiger partial charge in [0.15, 0.2) is 0 Å². The molecule has 2 atom stereocenters. The monoisotopic (exact) mass is 300 g/mol. The van der Waals surface area contributed by atoms with Gasteiger partial charge in [0.1, 0.15) is 4.90 Å². The lowest BCUT2D eigenvalue weighted by molar-refractivity contribution is 0.561. The minimum absolute atomic E-state index is 0.116. The molecule has 6 nitrogen and oxygen atoms in total. The van der Waals surface area contributed by atoms with Crippen LogP contribution in [0.25, 0.3) is 0 Å². The molecule has 0 aromatic carbocycles. The molecule has 0 saturated heterocycles. The van der Waals surface area contributed by atoms with Gasteiger partial charge in [-0.3, -0.25) is 4.68 Å². The van der Waals surface area contributed by atoms with Crippen LogP contribution in [-0.4, -0.2) is 37.3 Å². The van der Waals surface area contributed by atoms with E-state index in [-0.39, 0.29) is 10.9 Å². The highest BCUT2D eigenvalue weighted by molar-refractivity contribution is 7.89. The molecule has 7 heteroatoms. The van der Waals surface area contributed by atoms with Gasteiger partial charge >= 0.3 is 0 Å². The van der Waals surface area contributed by atoms with Crippen LogP contribution in [0.2, 0.25) is 0 Å². The summed E-state index contributed by atoms with van der Waals surface area (Å²) in [6, 6.07) is 0.116. The van der Waals surface area contributed by atoms with Crippen LogP contribution in [-0.2, 0) is 16.6 Å². The summed E-state index contributed by atoms with van der Waals surface area (Å²) in [4.78, 5) is 0.260. The molecular weight excluding hydrogens is 276 g/mol. The van der Waals surface area contributed by atoms with E-state index in [4.69, 9.17) is 0 Å². The van der Waals surface area contributed by atoms with Crippen molar-refractivity contribution in [3.8, 4) is 0 Å². The molecule has 0 bridgehead atoms. The fourth-order valence-electron chi connectivity index (χ4n) is 2.33. The number of nitrogens with one attached hydrogen (secondary N) is 2. The minimum Gasteiger partial charge on any atom is -0.315 e. The summed E-state index contributed by atoms with van der Waals surface area (Å²) in [6.07, 6.45) is 6.17. The van der Waals surface area contributed by atoms with Crippen molar-refractivity contribution >= 4 is 10.0 Å².